The third-order valence-corrected chi connectivity index (χ3v) is 5.29. The van der Waals surface area contributed by atoms with Crippen molar-refractivity contribution in [1.29, 1.82) is 0 Å². The summed E-state index contributed by atoms with van der Waals surface area (Å²) in [7, 11) is -2.37. The van der Waals surface area contributed by atoms with Gasteiger partial charge < -0.3 is 9.47 Å². The first-order valence-electron chi connectivity index (χ1n) is 8.05. The van der Waals surface area contributed by atoms with Crippen molar-refractivity contribution in [1.82, 2.24) is 4.72 Å². The average molecular weight is 403 g/mol. The van der Waals surface area contributed by atoms with E-state index in [1.807, 2.05) is 0 Å². The fourth-order valence-electron chi connectivity index (χ4n) is 2.31. The molecule has 0 fully saturated rings. The molecule has 0 saturated carbocycles. The van der Waals surface area contributed by atoms with Gasteiger partial charge in [-0.05, 0) is 48.9 Å². The predicted octanol–water partition coefficient (Wildman–Crippen LogP) is 3.77. The highest BCUT2D eigenvalue weighted by Gasteiger charge is 2.31. The lowest BCUT2D eigenvalue weighted by molar-refractivity contribution is -0.137. The summed E-state index contributed by atoms with van der Waals surface area (Å²) in [6.45, 7) is 2.21. The minimum absolute atomic E-state index is 0.0135. The monoisotopic (exact) mass is 403 g/mol. The Morgan fingerprint density at radius 1 is 1.07 bits per heavy atom. The Balaban J connectivity index is 2.11. The van der Waals surface area contributed by atoms with Gasteiger partial charge >= 0.3 is 6.18 Å². The second-order valence-corrected chi connectivity index (χ2v) is 7.49. The lowest BCUT2D eigenvalue weighted by Gasteiger charge is -2.16. The van der Waals surface area contributed by atoms with E-state index in [0.717, 1.165) is 12.1 Å². The number of nitrogens with one attached hydrogen (secondary N) is 1. The molecule has 27 heavy (non-hydrogen) atoms. The van der Waals surface area contributed by atoms with Gasteiger partial charge in [-0.1, -0.05) is 12.1 Å². The molecule has 5 nitrogen and oxygen atoms in total. The molecule has 0 radical (unpaired) electrons. The van der Waals surface area contributed by atoms with E-state index in [-0.39, 0.29) is 10.5 Å². The number of halogens is 3. The van der Waals surface area contributed by atoms with E-state index in [0.29, 0.717) is 19.0 Å². The average Bonchev–Trinajstić information content (AvgIpc) is 2.61. The van der Waals surface area contributed by atoms with E-state index >= 15 is 0 Å². The minimum Gasteiger partial charge on any atom is -0.491 e. The molecule has 0 aliphatic carbocycles. The smallest absolute Gasteiger partial charge is 0.416 e. The van der Waals surface area contributed by atoms with Crippen LogP contribution in [0.2, 0.25) is 0 Å². The Morgan fingerprint density at radius 2 is 1.74 bits per heavy atom. The molecule has 0 aliphatic heterocycles. The van der Waals surface area contributed by atoms with Crippen LogP contribution < -0.4 is 9.46 Å². The standard InChI is InChI=1S/C18H20F3NO4S/c1-13(14-4-3-5-15(12-14)18(19,20)21)22-27(23,24)17-8-6-16(7-9-17)26-11-10-25-2/h3-9,12-13,22H,10-11H2,1-2H3. The molecule has 1 atom stereocenters. The maximum absolute atomic E-state index is 12.8. The van der Waals surface area contributed by atoms with Crippen molar-refractivity contribution in [3.63, 3.8) is 0 Å². The normalized spacial score (nSPS) is 13.4. The van der Waals surface area contributed by atoms with E-state index in [9.17, 15) is 21.6 Å². The lowest BCUT2D eigenvalue weighted by Crippen LogP contribution is -2.27. The summed E-state index contributed by atoms with van der Waals surface area (Å²) in [6, 6.07) is 9.44. The highest BCUT2D eigenvalue weighted by Crippen LogP contribution is 2.31. The summed E-state index contributed by atoms with van der Waals surface area (Å²) in [5.74, 6) is 0.483. The molecule has 1 N–H and O–H groups in total. The number of hydrogen-bond acceptors (Lipinski definition) is 4. The first-order chi connectivity index (χ1) is 12.6. The first-order valence-corrected chi connectivity index (χ1v) is 9.53. The zero-order chi connectivity index (χ0) is 20.1. The van der Waals surface area contributed by atoms with E-state index < -0.39 is 27.8 Å². The predicted molar refractivity (Wildman–Crippen MR) is 94.0 cm³/mol. The zero-order valence-electron chi connectivity index (χ0n) is 14.8. The van der Waals surface area contributed by atoms with Gasteiger partial charge in [0, 0.05) is 13.2 Å². The Kier molecular flexibility index (Phi) is 6.85. The van der Waals surface area contributed by atoms with Crippen LogP contribution in [0.25, 0.3) is 0 Å². The van der Waals surface area contributed by atoms with E-state index in [1.54, 1.807) is 0 Å². The van der Waals surface area contributed by atoms with Gasteiger partial charge in [-0.25, -0.2) is 13.1 Å². The quantitative estimate of drug-likeness (QED) is 0.682. The zero-order valence-corrected chi connectivity index (χ0v) is 15.6. The molecule has 0 spiro atoms. The van der Waals surface area contributed by atoms with E-state index in [2.05, 4.69) is 4.72 Å². The SMILES string of the molecule is COCCOc1ccc(S(=O)(=O)NC(C)c2cccc(C(F)(F)F)c2)cc1. The van der Waals surface area contributed by atoms with Crippen LogP contribution in [0.3, 0.4) is 0 Å². The second-order valence-electron chi connectivity index (χ2n) is 5.78. The molecule has 1 unspecified atom stereocenters. The first kappa shape index (κ1) is 21.2. The van der Waals surface area contributed by atoms with Gasteiger partial charge in [0.2, 0.25) is 10.0 Å². The van der Waals surface area contributed by atoms with E-state index in [1.165, 1.54) is 50.4 Å². The van der Waals surface area contributed by atoms with Gasteiger partial charge in [0.15, 0.2) is 0 Å². The summed E-state index contributed by atoms with van der Waals surface area (Å²) in [4.78, 5) is -0.0135. The topological polar surface area (TPSA) is 64.6 Å². The Labute approximate surface area is 156 Å². The fourth-order valence-corrected chi connectivity index (χ4v) is 3.54. The summed E-state index contributed by atoms with van der Waals surface area (Å²) < 4.78 is 76.0. The number of methoxy groups -OCH3 is 1. The molecule has 9 heteroatoms. The second kappa shape index (κ2) is 8.73. The fraction of sp³-hybridized carbons (Fsp3) is 0.333. The van der Waals surface area contributed by atoms with Crippen molar-refractivity contribution in [2.24, 2.45) is 0 Å². The highest BCUT2D eigenvalue weighted by molar-refractivity contribution is 7.89. The molecular formula is C18H20F3NO4S. The third-order valence-electron chi connectivity index (χ3n) is 3.74. The van der Waals surface area contributed by atoms with Crippen LogP contribution in [0.15, 0.2) is 53.4 Å². The van der Waals surface area contributed by atoms with Crippen LogP contribution in [0, 0.1) is 0 Å². The lowest BCUT2D eigenvalue weighted by atomic mass is 10.1. The van der Waals surface area contributed by atoms with Gasteiger partial charge in [0.25, 0.3) is 0 Å². The maximum atomic E-state index is 12.8. The maximum Gasteiger partial charge on any atom is 0.416 e. The molecule has 0 heterocycles. The van der Waals surface area contributed by atoms with Gasteiger partial charge in [-0.15, -0.1) is 0 Å². The summed E-state index contributed by atoms with van der Waals surface area (Å²) >= 11 is 0. The number of ether oxygens (including phenoxy) is 2. The van der Waals surface area contributed by atoms with Crippen LogP contribution in [0.4, 0.5) is 13.2 Å². The number of hydrogen-bond donors (Lipinski definition) is 1. The molecule has 0 saturated heterocycles. The van der Waals surface area contributed by atoms with Gasteiger partial charge in [0.1, 0.15) is 12.4 Å². The molecule has 148 valence electrons. The van der Waals surface area contributed by atoms with Crippen LogP contribution in [-0.2, 0) is 20.9 Å². The van der Waals surface area contributed by atoms with E-state index in [4.69, 9.17) is 9.47 Å². The van der Waals surface area contributed by atoms with Crippen molar-refractivity contribution >= 4 is 10.0 Å². The van der Waals surface area contributed by atoms with Crippen molar-refractivity contribution in [3.05, 3.63) is 59.7 Å². The number of benzene rings is 2. The van der Waals surface area contributed by atoms with Gasteiger partial charge in [0.05, 0.1) is 17.1 Å². The molecule has 0 amide bonds. The third kappa shape index (κ3) is 5.95. The van der Waals surface area contributed by atoms with Gasteiger partial charge in [-0.3, -0.25) is 0 Å². The number of sulfonamides is 1. The van der Waals surface area contributed by atoms with Crippen molar-refractivity contribution < 1.29 is 31.1 Å². The largest absolute Gasteiger partial charge is 0.491 e. The van der Waals surface area contributed by atoms with Crippen LogP contribution in [0.1, 0.15) is 24.1 Å². The van der Waals surface area contributed by atoms with Crippen LogP contribution in [-0.4, -0.2) is 28.7 Å². The Bertz CT molecular complexity index is 852. The Hall–Kier alpha value is -2.10. The minimum atomic E-state index is -4.49. The Morgan fingerprint density at radius 3 is 2.33 bits per heavy atom. The molecule has 2 aromatic rings. The summed E-state index contributed by atoms with van der Waals surface area (Å²) in [5.41, 5.74) is -0.614. The molecule has 2 aromatic carbocycles. The van der Waals surface area contributed by atoms with Gasteiger partial charge in [-0.2, -0.15) is 13.2 Å². The molecule has 0 aromatic heterocycles. The molecule has 0 bridgehead atoms. The summed E-state index contributed by atoms with van der Waals surface area (Å²) in [5, 5.41) is 0. The molecular weight excluding hydrogens is 383 g/mol. The van der Waals surface area contributed by atoms with Crippen LogP contribution in [0.5, 0.6) is 5.75 Å². The van der Waals surface area contributed by atoms with Crippen molar-refractivity contribution in [2.45, 2.75) is 24.0 Å². The highest BCUT2D eigenvalue weighted by atomic mass is 32.2. The van der Waals surface area contributed by atoms with Crippen molar-refractivity contribution in [2.75, 3.05) is 20.3 Å². The molecule has 0 aliphatic rings. The number of alkyl halides is 3. The summed E-state index contributed by atoms with van der Waals surface area (Å²) in [6.07, 6.45) is -4.49. The molecule has 2 rings (SSSR count). The number of rotatable bonds is 8. The van der Waals surface area contributed by atoms with Crippen molar-refractivity contribution in [3.8, 4) is 5.75 Å². The van der Waals surface area contributed by atoms with Crippen LogP contribution >= 0.6 is 0 Å².